The molecule has 26 heavy (non-hydrogen) atoms. The Morgan fingerprint density at radius 1 is 1.15 bits per heavy atom. The highest BCUT2D eigenvalue weighted by molar-refractivity contribution is 7.89. The monoisotopic (exact) mass is 407 g/mol. The van der Waals surface area contributed by atoms with E-state index in [4.69, 9.17) is 16.7 Å². The van der Waals surface area contributed by atoms with E-state index in [2.05, 4.69) is 10.9 Å². The molecule has 6 nitrogen and oxygen atoms in total. The molecule has 11 heteroatoms. The number of carbonyl (C=O) groups excluding carboxylic acids is 1. The van der Waals surface area contributed by atoms with Gasteiger partial charge in [0.2, 0.25) is 10.0 Å². The summed E-state index contributed by atoms with van der Waals surface area (Å²) in [5.74, 6) is -0.912. The quantitative estimate of drug-likeness (QED) is 0.662. The molecule has 2 aromatic carbocycles. The minimum atomic E-state index is -5.01. The summed E-state index contributed by atoms with van der Waals surface area (Å²) < 4.78 is 61.9. The molecule has 0 saturated heterocycles. The molecule has 2 rings (SSSR count). The smallest absolute Gasteiger partial charge is 0.287 e. The standard InChI is InChI=1S/C15H13ClF3N3O3S/c16-12-7-11(15(17,18)19)13(26(20,24)25)6-10(12)14(23)22-21-8-9-4-2-1-3-5-9/h1-7,21H,8H2,(H,22,23)(H2,20,24,25). The van der Waals surface area contributed by atoms with Gasteiger partial charge in [-0.2, -0.15) is 13.2 Å². The van der Waals surface area contributed by atoms with Crippen LogP contribution in [0.25, 0.3) is 0 Å². The molecule has 0 radical (unpaired) electrons. The zero-order valence-corrected chi connectivity index (χ0v) is 14.5. The third-order valence-corrected chi connectivity index (χ3v) is 4.53. The van der Waals surface area contributed by atoms with Gasteiger partial charge in [0, 0.05) is 6.54 Å². The second-order valence-corrected chi connectivity index (χ2v) is 7.10. The first kappa shape index (κ1) is 20.2. The predicted octanol–water partition coefficient (Wildman–Crippen LogP) is 2.44. The molecule has 0 heterocycles. The maximum absolute atomic E-state index is 13.0. The maximum Gasteiger partial charge on any atom is 0.417 e. The number of rotatable bonds is 5. The zero-order valence-electron chi connectivity index (χ0n) is 13.0. The van der Waals surface area contributed by atoms with Crippen LogP contribution in [0.3, 0.4) is 0 Å². The number of hydrazine groups is 1. The van der Waals surface area contributed by atoms with Crippen molar-refractivity contribution in [2.24, 2.45) is 5.14 Å². The van der Waals surface area contributed by atoms with Crippen LogP contribution in [0.5, 0.6) is 0 Å². The molecule has 0 bridgehead atoms. The summed E-state index contributed by atoms with van der Waals surface area (Å²) in [4.78, 5) is 10.9. The molecule has 0 saturated carbocycles. The van der Waals surface area contributed by atoms with E-state index in [0.717, 1.165) is 5.56 Å². The molecule has 1 amide bonds. The highest BCUT2D eigenvalue weighted by atomic mass is 35.5. The van der Waals surface area contributed by atoms with Crippen LogP contribution < -0.4 is 16.0 Å². The third kappa shape index (κ3) is 4.94. The van der Waals surface area contributed by atoms with Crippen molar-refractivity contribution in [3.8, 4) is 0 Å². The van der Waals surface area contributed by atoms with Crippen molar-refractivity contribution in [3.05, 3.63) is 64.2 Å². The van der Waals surface area contributed by atoms with E-state index in [0.29, 0.717) is 12.1 Å². The number of halogens is 4. The molecular formula is C15H13ClF3N3O3S. The molecule has 0 fully saturated rings. The number of amides is 1. The molecule has 0 aliphatic rings. The SMILES string of the molecule is NS(=O)(=O)c1cc(C(=O)NNCc2ccccc2)c(Cl)cc1C(F)(F)F. The van der Waals surface area contributed by atoms with Crippen LogP contribution in [0.4, 0.5) is 13.2 Å². The summed E-state index contributed by atoms with van der Waals surface area (Å²) in [5.41, 5.74) is 3.62. The molecule has 0 aromatic heterocycles. The molecular weight excluding hydrogens is 395 g/mol. The van der Waals surface area contributed by atoms with E-state index in [-0.39, 0.29) is 6.54 Å². The van der Waals surface area contributed by atoms with Gasteiger partial charge >= 0.3 is 6.18 Å². The average Bonchev–Trinajstić information content (AvgIpc) is 2.53. The number of nitrogens with one attached hydrogen (secondary N) is 2. The summed E-state index contributed by atoms with van der Waals surface area (Å²) in [6, 6.07) is 9.78. The molecule has 0 aliphatic carbocycles. The van der Waals surface area contributed by atoms with Crippen molar-refractivity contribution in [1.29, 1.82) is 0 Å². The van der Waals surface area contributed by atoms with E-state index in [1.54, 1.807) is 30.3 Å². The maximum atomic E-state index is 13.0. The fourth-order valence-electron chi connectivity index (χ4n) is 2.07. The van der Waals surface area contributed by atoms with Gasteiger partial charge in [0.15, 0.2) is 0 Å². The lowest BCUT2D eigenvalue weighted by Gasteiger charge is -2.15. The predicted molar refractivity (Wildman–Crippen MR) is 88.6 cm³/mol. The zero-order chi connectivity index (χ0) is 19.5. The summed E-state index contributed by atoms with van der Waals surface area (Å²) >= 11 is 5.72. The average molecular weight is 408 g/mol. The number of hydrogen-bond acceptors (Lipinski definition) is 4. The molecule has 0 atom stereocenters. The lowest BCUT2D eigenvalue weighted by Crippen LogP contribution is -2.37. The van der Waals surface area contributed by atoms with Gasteiger partial charge in [0.1, 0.15) is 0 Å². The van der Waals surface area contributed by atoms with Crippen LogP contribution in [0, 0.1) is 0 Å². The van der Waals surface area contributed by atoms with Gasteiger partial charge in [0.05, 0.1) is 21.0 Å². The number of primary sulfonamides is 1. The van der Waals surface area contributed by atoms with Crippen LogP contribution in [0.1, 0.15) is 21.5 Å². The van der Waals surface area contributed by atoms with E-state index in [9.17, 15) is 26.4 Å². The first-order chi connectivity index (χ1) is 12.0. The fourth-order valence-corrected chi connectivity index (χ4v) is 3.09. The van der Waals surface area contributed by atoms with Gasteiger partial charge in [-0.25, -0.2) is 19.0 Å². The Bertz CT molecular complexity index is 919. The van der Waals surface area contributed by atoms with E-state index in [1.807, 2.05) is 0 Å². The minimum Gasteiger partial charge on any atom is -0.287 e. The van der Waals surface area contributed by atoms with E-state index >= 15 is 0 Å². The van der Waals surface area contributed by atoms with Crippen LogP contribution in [-0.2, 0) is 22.7 Å². The molecule has 140 valence electrons. The lowest BCUT2D eigenvalue weighted by atomic mass is 10.1. The summed E-state index contributed by atoms with van der Waals surface area (Å²) in [7, 11) is -4.73. The first-order valence-electron chi connectivity index (χ1n) is 7.01. The Hall–Kier alpha value is -2.14. The Kier molecular flexibility index (Phi) is 5.91. The summed E-state index contributed by atoms with van der Waals surface area (Å²) in [5, 5.41) is 4.27. The Morgan fingerprint density at radius 2 is 1.77 bits per heavy atom. The molecule has 0 unspecified atom stereocenters. The number of hydrogen-bond donors (Lipinski definition) is 3. The molecule has 0 aliphatic heterocycles. The summed E-state index contributed by atoms with van der Waals surface area (Å²) in [6.45, 7) is 0.229. The van der Waals surface area contributed by atoms with Crippen LogP contribution in [0.2, 0.25) is 5.02 Å². The van der Waals surface area contributed by atoms with Crippen molar-refractivity contribution >= 4 is 27.5 Å². The largest absolute Gasteiger partial charge is 0.417 e. The topological polar surface area (TPSA) is 101 Å². The van der Waals surface area contributed by atoms with E-state index < -0.39 is 43.2 Å². The third-order valence-electron chi connectivity index (χ3n) is 3.26. The lowest BCUT2D eigenvalue weighted by molar-refractivity contribution is -0.139. The van der Waals surface area contributed by atoms with Gasteiger partial charge in [-0.3, -0.25) is 10.2 Å². The number of alkyl halides is 3. The normalized spacial score (nSPS) is 12.0. The van der Waals surface area contributed by atoms with Crippen LogP contribution in [0.15, 0.2) is 47.4 Å². The second-order valence-electron chi connectivity index (χ2n) is 5.16. The van der Waals surface area contributed by atoms with E-state index in [1.165, 1.54) is 0 Å². The number of carbonyl (C=O) groups is 1. The number of sulfonamides is 1. The molecule has 0 spiro atoms. The van der Waals surface area contributed by atoms with Gasteiger partial charge < -0.3 is 0 Å². The van der Waals surface area contributed by atoms with Crippen LogP contribution >= 0.6 is 11.6 Å². The summed E-state index contributed by atoms with van der Waals surface area (Å²) in [6.07, 6.45) is -5.01. The van der Waals surface area contributed by atoms with Crippen molar-refractivity contribution in [2.75, 3.05) is 0 Å². The molecule has 2 aromatic rings. The van der Waals surface area contributed by atoms with Gasteiger partial charge in [0.25, 0.3) is 5.91 Å². The van der Waals surface area contributed by atoms with Crippen LogP contribution in [-0.4, -0.2) is 14.3 Å². The highest BCUT2D eigenvalue weighted by Crippen LogP contribution is 2.36. The van der Waals surface area contributed by atoms with Crippen molar-refractivity contribution in [3.63, 3.8) is 0 Å². The number of benzene rings is 2. The molecule has 4 N–H and O–H groups in total. The number of nitrogens with two attached hydrogens (primary N) is 1. The minimum absolute atomic E-state index is 0.229. The van der Waals surface area contributed by atoms with Crippen molar-refractivity contribution in [1.82, 2.24) is 10.9 Å². The Balaban J connectivity index is 2.27. The van der Waals surface area contributed by atoms with Gasteiger partial charge in [-0.1, -0.05) is 41.9 Å². The Morgan fingerprint density at radius 3 is 2.31 bits per heavy atom. The first-order valence-corrected chi connectivity index (χ1v) is 8.93. The fraction of sp³-hybridized carbons (Fsp3) is 0.133. The highest BCUT2D eigenvalue weighted by Gasteiger charge is 2.37. The second kappa shape index (κ2) is 7.62. The van der Waals surface area contributed by atoms with Gasteiger partial charge in [-0.05, 0) is 17.7 Å². The Labute approximate surface area is 152 Å². The van der Waals surface area contributed by atoms with Gasteiger partial charge in [-0.15, -0.1) is 0 Å². The van der Waals surface area contributed by atoms with Crippen molar-refractivity contribution < 1.29 is 26.4 Å². The van der Waals surface area contributed by atoms with Crippen molar-refractivity contribution in [2.45, 2.75) is 17.6 Å².